The Balaban J connectivity index is 0.00000169. The van der Waals surface area contributed by atoms with Gasteiger partial charge in [-0.15, -0.1) is 0 Å². The Morgan fingerprint density at radius 1 is 1.07 bits per heavy atom. The summed E-state index contributed by atoms with van der Waals surface area (Å²) in [6.07, 6.45) is 2.87. The summed E-state index contributed by atoms with van der Waals surface area (Å²) in [6, 6.07) is 0. The second-order valence-electron chi connectivity index (χ2n) is 4.48. The van der Waals surface area contributed by atoms with Crippen LogP contribution in [0.15, 0.2) is 0 Å². The zero-order chi connectivity index (χ0) is 10.1. The molecule has 5 heteroatoms. The molecular weight excluding hydrogens is 215 g/mol. The van der Waals surface area contributed by atoms with Gasteiger partial charge >= 0.3 is 58.4 Å². The van der Waals surface area contributed by atoms with Crippen molar-refractivity contribution >= 4 is 6.98 Å². The van der Waals surface area contributed by atoms with Crippen LogP contribution in [0.4, 0.5) is 12.9 Å². The fourth-order valence-electron chi connectivity index (χ4n) is 2.49. The monoisotopic (exact) mass is 232 g/mol. The Kier molecular flexibility index (Phi) is 6.95. The van der Waals surface area contributed by atoms with Crippen LogP contribution in [0.1, 0.15) is 39.5 Å². The van der Waals surface area contributed by atoms with Crippen LogP contribution in [0, 0.1) is 11.8 Å². The first-order valence-electron chi connectivity index (χ1n) is 5.13. The Labute approximate surface area is 127 Å². The van der Waals surface area contributed by atoms with Gasteiger partial charge in [-0.2, -0.15) is 0 Å². The molecule has 0 aliphatic heterocycles. The molecule has 0 aromatic rings. The summed E-state index contributed by atoms with van der Waals surface area (Å²) in [4.78, 5) is 0. The van der Waals surface area contributed by atoms with Crippen LogP contribution in [0.2, 0.25) is 5.82 Å². The summed E-state index contributed by atoms with van der Waals surface area (Å²) in [5.41, 5.74) is 0. The third kappa shape index (κ3) is 4.16. The first-order chi connectivity index (χ1) is 5.93. The van der Waals surface area contributed by atoms with Crippen LogP contribution >= 0.6 is 0 Å². The summed E-state index contributed by atoms with van der Waals surface area (Å²) < 4.78 is 37.8. The van der Waals surface area contributed by atoms with E-state index in [2.05, 4.69) is 0 Å². The van der Waals surface area contributed by atoms with Crippen molar-refractivity contribution in [2.75, 3.05) is 0 Å². The smallest absolute Gasteiger partial charge is 0.449 e. The van der Waals surface area contributed by atoms with E-state index in [1.54, 1.807) is 0 Å². The van der Waals surface area contributed by atoms with Crippen molar-refractivity contribution in [3.63, 3.8) is 0 Å². The molecule has 2 atom stereocenters. The predicted octanol–water partition coefficient (Wildman–Crippen LogP) is 1.05. The van der Waals surface area contributed by atoms with Crippen molar-refractivity contribution in [1.29, 1.82) is 0 Å². The van der Waals surface area contributed by atoms with E-state index in [4.69, 9.17) is 0 Å². The molecule has 0 spiro atoms. The molecule has 78 valence electrons. The minimum atomic E-state index is -4.61. The van der Waals surface area contributed by atoms with E-state index in [1.165, 1.54) is 0 Å². The predicted molar refractivity (Wildman–Crippen MR) is 49.6 cm³/mol. The molecular formula is C9H17BF3K. The maximum absolute atomic E-state index is 12.6. The number of hydrogen-bond donors (Lipinski definition) is 0. The third-order valence-corrected chi connectivity index (χ3v) is 3.22. The molecule has 1 aliphatic carbocycles. The van der Waals surface area contributed by atoms with Gasteiger partial charge in [0.25, 0.3) is 0 Å². The van der Waals surface area contributed by atoms with Gasteiger partial charge in [-0.25, -0.2) is 0 Å². The molecule has 0 radical (unpaired) electrons. The Morgan fingerprint density at radius 3 is 1.93 bits per heavy atom. The maximum Gasteiger partial charge on any atom is 1.00 e. The second kappa shape index (κ2) is 6.28. The van der Waals surface area contributed by atoms with Gasteiger partial charge in [0, 0.05) is 0 Å². The molecule has 0 aromatic carbocycles. The normalized spacial score (nSPS) is 28.7. The van der Waals surface area contributed by atoms with Crippen molar-refractivity contribution < 1.29 is 64.3 Å². The molecule has 0 aromatic heterocycles. The fourth-order valence-corrected chi connectivity index (χ4v) is 2.49. The zero-order valence-corrected chi connectivity index (χ0v) is 12.4. The van der Waals surface area contributed by atoms with Gasteiger partial charge in [0.1, 0.15) is 0 Å². The Morgan fingerprint density at radius 2 is 1.57 bits per heavy atom. The maximum atomic E-state index is 12.6. The SMILES string of the molecule is CC(C)[C@@H]1CCCC[C@H]1[B-](F)(F)F.[K+]. The molecule has 1 aliphatic rings. The van der Waals surface area contributed by atoms with Gasteiger partial charge < -0.3 is 12.9 Å². The van der Waals surface area contributed by atoms with Crippen LogP contribution in [0.25, 0.3) is 0 Å². The van der Waals surface area contributed by atoms with E-state index >= 15 is 0 Å². The van der Waals surface area contributed by atoms with E-state index in [0.29, 0.717) is 6.42 Å². The van der Waals surface area contributed by atoms with Crippen LogP contribution in [0.3, 0.4) is 0 Å². The quantitative estimate of drug-likeness (QED) is 0.624. The minimum Gasteiger partial charge on any atom is -0.449 e. The van der Waals surface area contributed by atoms with E-state index < -0.39 is 12.8 Å². The van der Waals surface area contributed by atoms with Crippen molar-refractivity contribution in [3.05, 3.63) is 0 Å². The molecule has 0 N–H and O–H groups in total. The average molecular weight is 232 g/mol. The molecule has 0 saturated heterocycles. The van der Waals surface area contributed by atoms with Crippen molar-refractivity contribution in [3.8, 4) is 0 Å². The molecule has 0 nitrogen and oxygen atoms in total. The molecule has 0 unspecified atom stereocenters. The summed E-state index contributed by atoms with van der Waals surface area (Å²) >= 11 is 0. The van der Waals surface area contributed by atoms with Crippen LogP contribution in [-0.4, -0.2) is 6.98 Å². The Hall–Kier alpha value is 1.49. The first kappa shape index (κ1) is 15.5. The Bertz CT molecular complexity index is 170. The largest absolute Gasteiger partial charge is 1.00 e. The summed E-state index contributed by atoms with van der Waals surface area (Å²) in [7, 11) is 0. The van der Waals surface area contributed by atoms with Crippen molar-refractivity contribution in [2.24, 2.45) is 11.8 Å². The third-order valence-electron chi connectivity index (χ3n) is 3.22. The average Bonchev–Trinajstić information content (AvgIpc) is 2.03. The van der Waals surface area contributed by atoms with E-state index in [0.717, 1.165) is 19.3 Å². The second-order valence-corrected chi connectivity index (χ2v) is 4.48. The van der Waals surface area contributed by atoms with Gasteiger partial charge in [-0.05, 0) is 5.92 Å². The molecule has 14 heavy (non-hydrogen) atoms. The number of halogens is 3. The molecule has 1 saturated carbocycles. The summed E-state index contributed by atoms with van der Waals surface area (Å²) in [6.45, 7) is -0.794. The van der Waals surface area contributed by atoms with Gasteiger partial charge in [-0.3, -0.25) is 0 Å². The van der Waals surface area contributed by atoms with E-state index in [1.807, 2.05) is 13.8 Å². The van der Waals surface area contributed by atoms with Crippen molar-refractivity contribution in [2.45, 2.75) is 45.3 Å². The topological polar surface area (TPSA) is 0 Å². The van der Waals surface area contributed by atoms with Gasteiger partial charge in [0.2, 0.25) is 0 Å². The number of hydrogen-bond acceptors (Lipinski definition) is 0. The van der Waals surface area contributed by atoms with E-state index in [9.17, 15) is 12.9 Å². The summed E-state index contributed by atoms with van der Waals surface area (Å²) in [5.74, 6) is -0.920. The van der Waals surface area contributed by atoms with Gasteiger partial charge in [0.05, 0.1) is 0 Å². The zero-order valence-electron chi connectivity index (χ0n) is 9.27. The van der Waals surface area contributed by atoms with Crippen molar-refractivity contribution in [1.82, 2.24) is 0 Å². The molecule has 0 bridgehead atoms. The molecule has 1 rings (SSSR count). The molecule has 1 fully saturated rings. The van der Waals surface area contributed by atoms with Gasteiger partial charge in [-0.1, -0.05) is 51.3 Å². The first-order valence-corrected chi connectivity index (χ1v) is 5.13. The standard InChI is InChI=1S/C9H17BF3.K/c1-7(2)8-5-3-4-6-9(8)10(11,12)13;/h7-9H,3-6H2,1-2H3;/q-1;+1/t8-,9+;/m0./s1. The van der Waals surface area contributed by atoms with E-state index in [-0.39, 0.29) is 63.2 Å². The summed E-state index contributed by atoms with van der Waals surface area (Å²) in [5, 5.41) is 0. The fraction of sp³-hybridized carbons (Fsp3) is 1.00. The minimum absolute atomic E-state index is 0. The number of rotatable bonds is 2. The van der Waals surface area contributed by atoms with Crippen LogP contribution in [-0.2, 0) is 0 Å². The molecule has 0 amide bonds. The van der Waals surface area contributed by atoms with Crippen LogP contribution in [0.5, 0.6) is 0 Å². The van der Waals surface area contributed by atoms with Crippen LogP contribution < -0.4 is 51.4 Å². The molecule has 0 heterocycles. The van der Waals surface area contributed by atoms with Gasteiger partial charge in [0.15, 0.2) is 0 Å².